The molecule has 16 aliphatic rings. The third-order valence-electron chi connectivity index (χ3n) is 32.7. The number of ether oxygens (including phenoxy) is 9. The summed E-state index contributed by atoms with van der Waals surface area (Å²) in [5.41, 5.74) is 26.2. The summed E-state index contributed by atoms with van der Waals surface area (Å²) in [5.74, 6) is 1.52. The first kappa shape index (κ1) is 100. The number of benzene rings is 3. The van der Waals surface area contributed by atoms with Crippen LogP contribution in [-0.2, 0) is 49.2 Å². The van der Waals surface area contributed by atoms with Gasteiger partial charge in [-0.25, -0.2) is 0 Å². The fraction of sp³-hybridized carbons (Fsp3) is 0.593. The van der Waals surface area contributed by atoms with Gasteiger partial charge in [0, 0.05) is 135 Å². The quantitative estimate of drug-likeness (QED) is 0.0928. The number of aromatic amines is 1. The molecule has 3 saturated carbocycles. The van der Waals surface area contributed by atoms with Gasteiger partial charge >= 0.3 is 0 Å². The first-order valence-corrected chi connectivity index (χ1v) is 48.4. The van der Waals surface area contributed by atoms with Crippen molar-refractivity contribution >= 4 is 44.6 Å². The lowest BCUT2D eigenvalue weighted by Gasteiger charge is -2.53. The number of hydrogen-bond acceptors (Lipinski definition) is 16. The Morgan fingerprint density at radius 3 is 1.09 bits per heavy atom. The number of fused-ring (bicyclic) bond motifs is 6. The van der Waals surface area contributed by atoms with E-state index in [4.69, 9.17) is 14.2 Å². The molecule has 0 amide bonds. The van der Waals surface area contributed by atoms with Gasteiger partial charge in [0.25, 0.3) is 0 Å². The number of aliphatic imine (C=N–C) groups is 1. The molecular weight excluding hydrogens is 1610 g/mol. The largest absolute Gasteiger partial charge is 0.382 e. The molecule has 130 heavy (non-hydrogen) atoms. The normalized spacial score (nSPS) is 30.7. The number of aromatic nitrogens is 4. The highest BCUT2D eigenvalue weighted by atomic mass is 16.5. The van der Waals surface area contributed by atoms with Crippen LogP contribution in [0.4, 0.5) is 0 Å². The third kappa shape index (κ3) is 20.0. The molecule has 3 aromatic carbocycles. The Kier molecular flexibility index (Phi) is 30.9. The zero-order valence-electron chi connectivity index (χ0n) is 84.2. The lowest BCUT2D eigenvalue weighted by molar-refractivity contribution is -0.123. The van der Waals surface area contributed by atoms with Crippen molar-refractivity contribution < 1.29 is 42.6 Å². The highest BCUT2D eigenvalue weighted by Gasteiger charge is 2.69. The van der Waals surface area contributed by atoms with Crippen LogP contribution in [0.1, 0.15) is 246 Å². The lowest BCUT2D eigenvalue weighted by Crippen LogP contribution is -2.53. The van der Waals surface area contributed by atoms with E-state index in [9.17, 15) is 0 Å². The van der Waals surface area contributed by atoms with Crippen molar-refractivity contribution in [1.82, 2.24) is 35.1 Å². The number of rotatable bonds is 12. The van der Waals surface area contributed by atoms with Gasteiger partial charge in [-0.15, -0.1) is 0 Å². The number of nitrogens with zero attached hydrogens (tertiary/aromatic N) is 7. The molecule has 706 valence electrons. The molecular formula is C113H160N8O9. The number of hydrogen-bond donors (Lipinski definition) is 1. The first-order valence-electron chi connectivity index (χ1n) is 48.4. The Hall–Kier alpha value is -7.46. The van der Waals surface area contributed by atoms with Crippen LogP contribution in [0, 0.1) is 34.0 Å². The Bertz CT molecular complexity index is 5180. The summed E-state index contributed by atoms with van der Waals surface area (Å²) in [6.07, 6.45) is 53.7. The standard InChI is InChI=1S/C28H28N2O.C28H29NO.C27H28N2O.3C6H15N.3C4H10O2/c1-18-3-6-22-14-23-9-10-26(2)24(19-4-5-20-16-29-30-17-21(20)13-19)7-8-25(26)28(23)12-11-27(22,15-18)31-28;1-18-3-6-22-14-23-9-10-26(2)24(19-4-5-20-16-29-17-21(20)13-19)7-8-25(26)28(23)12-11-27(22,15-18)30-28;1-17-3-6-20-14-21-9-10-25(2)22(18-4-5-19-16-28-29-23(19)13-18)7-8-24(25)27(21)12-11-26(20,15-17)30-27;3*1-6(2,3)7(4)5;3*1-5-3-4-6-2/h4-5,7,9,13-14,16-17,25H,1,3,6,8,10-12,15H2,2H3;4-5,7,9,13-14,17,25H,1,3,6,8,10-12,15-16H2,2H3;4-5,7,9,13-14,16,24H,1,3,6,8,10-12,15H2,2H3,(H,28,29);3*1-5H3;3*3-4H2,1-2H3/t2*25-,26-,27-,28-;24-,25-,26-,27-;;;;;;/m111....../s1. The van der Waals surface area contributed by atoms with Crippen LogP contribution in [0.15, 0.2) is 203 Å². The topological polar surface area (TPSA) is 160 Å². The maximum absolute atomic E-state index is 7.24. The Morgan fingerprint density at radius 2 is 0.738 bits per heavy atom. The second-order valence-electron chi connectivity index (χ2n) is 43.8. The minimum absolute atomic E-state index is 0.0578. The van der Waals surface area contributed by atoms with Gasteiger partial charge in [-0.2, -0.15) is 15.3 Å². The molecule has 12 atom stereocenters. The molecule has 7 aliphatic heterocycles. The van der Waals surface area contributed by atoms with Crippen molar-refractivity contribution in [3.63, 3.8) is 0 Å². The van der Waals surface area contributed by atoms with Crippen molar-refractivity contribution in [2.24, 2.45) is 39.0 Å². The fourth-order valence-corrected chi connectivity index (χ4v) is 23.2. The van der Waals surface area contributed by atoms with E-state index in [0.717, 1.165) is 158 Å². The Labute approximate surface area is 781 Å². The maximum atomic E-state index is 7.24. The number of methoxy groups -OCH3 is 6. The van der Waals surface area contributed by atoms with Gasteiger partial charge in [-0.05, 0) is 316 Å². The van der Waals surface area contributed by atoms with E-state index in [2.05, 4.69) is 323 Å². The number of H-pyrrole nitrogens is 1. The zero-order valence-corrected chi connectivity index (χ0v) is 84.2. The second kappa shape index (κ2) is 40.2. The van der Waals surface area contributed by atoms with Crippen LogP contribution in [0.5, 0.6) is 0 Å². The van der Waals surface area contributed by atoms with Gasteiger partial charge in [-0.3, -0.25) is 10.1 Å². The monoisotopic (exact) mass is 1770 g/mol. The zero-order chi connectivity index (χ0) is 93.8. The highest BCUT2D eigenvalue weighted by molar-refractivity contribution is 5.89. The number of allylic oxidation sites excluding steroid dienone is 9. The van der Waals surface area contributed by atoms with Gasteiger partial charge in [-0.1, -0.05) is 148 Å². The van der Waals surface area contributed by atoms with Crippen LogP contribution in [0.25, 0.3) is 38.4 Å². The van der Waals surface area contributed by atoms with Gasteiger partial charge in [0.15, 0.2) is 0 Å². The molecule has 2 aromatic heterocycles. The SMILES string of the molecule is C=C1CCC2=CC3=CC[C@]4(C)C(c5ccc6c(c5)C=NC6)=CC[C@H]4[C@@]34CC[C@]2(C1)O4.C=C1CCC2=CC3=CC[C@]4(C)C(c5ccc6cn[nH]c6c5)=CC[C@H]4[C@@]34CC[C@]2(C1)O4.C=C1CCC2=CC3=CC[C@]4(C)C(c5ccc6cnncc6c5)=CC[C@H]4[C@@]34CC[C@]2(C1)O4.CN(C)C(C)(C)C.CN(C)C(C)(C)C.CN(C)C(C)(C)C.COCCOC.COCCOC.COCCOC. The number of nitrogens with one attached hydrogen (secondary N) is 1. The molecule has 9 aliphatic carbocycles. The van der Waals surface area contributed by atoms with E-state index in [1.54, 1.807) is 48.2 Å². The Balaban J connectivity index is 0.000000138. The molecule has 6 bridgehead atoms. The van der Waals surface area contributed by atoms with Crippen LogP contribution >= 0.6 is 0 Å². The molecule has 17 nitrogen and oxygen atoms in total. The average molecular weight is 1770 g/mol. The molecule has 3 saturated heterocycles. The summed E-state index contributed by atoms with van der Waals surface area (Å²) in [4.78, 5) is 11.0. The molecule has 21 rings (SSSR count). The van der Waals surface area contributed by atoms with Crippen molar-refractivity contribution in [3.8, 4) is 0 Å². The van der Waals surface area contributed by atoms with E-state index in [1.807, 2.05) is 24.8 Å². The van der Waals surface area contributed by atoms with Gasteiger partial charge < -0.3 is 57.3 Å². The van der Waals surface area contributed by atoms with Crippen LogP contribution < -0.4 is 0 Å². The van der Waals surface area contributed by atoms with E-state index in [0.29, 0.717) is 74.0 Å². The molecule has 6 fully saturated rings. The second-order valence-corrected chi connectivity index (χ2v) is 43.8. The molecule has 6 spiro atoms. The minimum Gasteiger partial charge on any atom is -0.382 e. The van der Waals surface area contributed by atoms with E-state index in [-0.39, 0.29) is 49.9 Å². The van der Waals surface area contributed by atoms with Gasteiger partial charge in [0.2, 0.25) is 0 Å². The molecule has 17 heteroatoms. The van der Waals surface area contributed by atoms with Crippen LogP contribution in [-0.4, -0.2) is 216 Å². The van der Waals surface area contributed by atoms with Crippen LogP contribution in [0.2, 0.25) is 0 Å². The predicted octanol–water partition coefficient (Wildman–Crippen LogP) is 23.8. The van der Waals surface area contributed by atoms with E-state index < -0.39 is 0 Å². The van der Waals surface area contributed by atoms with Gasteiger partial charge in [0.1, 0.15) is 0 Å². The third-order valence-corrected chi connectivity index (χ3v) is 32.7. The molecule has 0 radical (unpaired) electrons. The van der Waals surface area contributed by atoms with Gasteiger partial charge in [0.05, 0.1) is 104 Å². The molecule has 9 heterocycles. The maximum Gasteiger partial charge on any atom is 0.0981 e. The first-order chi connectivity index (χ1) is 61.6. The molecule has 5 aromatic rings. The fourth-order valence-electron chi connectivity index (χ4n) is 23.2. The highest BCUT2D eigenvalue weighted by Crippen LogP contribution is 2.72. The molecule has 1 N–H and O–H groups in total. The van der Waals surface area contributed by atoms with Crippen molar-refractivity contribution in [1.29, 1.82) is 0 Å². The van der Waals surface area contributed by atoms with Crippen molar-refractivity contribution in [2.75, 3.05) is 125 Å². The summed E-state index contributed by atoms with van der Waals surface area (Å²) < 4.78 is 49.6. The smallest absolute Gasteiger partial charge is 0.0981 e. The summed E-state index contributed by atoms with van der Waals surface area (Å²) >= 11 is 0. The predicted molar refractivity (Wildman–Crippen MR) is 536 cm³/mol. The summed E-state index contributed by atoms with van der Waals surface area (Å²) in [7, 11) is 22.4. The van der Waals surface area contributed by atoms with E-state index >= 15 is 0 Å². The van der Waals surface area contributed by atoms with Crippen molar-refractivity contribution in [2.45, 2.75) is 275 Å². The Morgan fingerprint density at radius 1 is 0.408 bits per heavy atom. The summed E-state index contributed by atoms with van der Waals surface area (Å²) in [6.45, 7) is 45.1. The minimum atomic E-state index is -0.130. The molecule has 0 unspecified atom stereocenters. The van der Waals surface area contributed by atoms with Crippen molar-refractivity contribution in [3.05, 3.63) is 226 Å². The van der Waals surface area contributed by atoms with E-state index in [1.165, 1.54) is 94.5 Å². The average Bonchev–Trinajstić information content (AvgIpc) is 1.53. The summed E-state index contributed by atoms with van der Waals surface area (Å²) in [6, 6.07) is 20.5. The van der Waals surface area contributed by atoms with Crippen LogP contribution in [0.3, 0.4) is 0 Å². The lowest BCUT2D eigenvalue weighted by atomic mass is 9.58. The summed E-state index contributed by atoms with van der Waals surface area (Å²) in [5, 5.41) is 19.0.